The third kappa shape index (κ3) is 3.56. The van der Waals surface area contributed by atoms with E-state index >= 15 is 0 Å². The second-order valence-corrected chi connectivity index (χ2v) is 10.3. The summed E-state index contributed by atoms with van der Waals surface area (Å²) in [5, 5.41) is 3.28. The number of nitrogens with zero attached hydrogens (tertiary/aromatic N) is 2. The molecular formula is C25H28BrN3O3. The molecule has 0 spiro atoms. The van der Waals surface area contributed by atoms with E-state index in [9.17, 15) is 9.59 Å². The molecule has 5 rings (SSSR count). The Hall–Kier alpha value is -2.54. The van der Waals surface area contributed by atoms with Gasteiger partial charge in [0.05, 0.1) is 18.3 Å². The zero-order chi connectivity index (χ0) is 22.5. The van der Waals surface area contributed by atoms with Crippen molar-refractivity contribution in [3.63, 3.8) is 0 Å². The van der Waals surface area contributed by atoms with E-state index in [1.807, 2.05) is 41.8 Å². The first-order valence-electron chi connectivity index (χ1n) is 11.3. The van der Waals surface area contributed by atoms with Crippen molar-refractivity contribution >= 4 is 38.8 Å². The minimum atomic E-state index is -1.02. The van der Waals surface area contributed by atoms with E-state index in [0.717, 1.165) is 41.2 Å². The number of carbonyl (C=O) groups excluding carboxylic acids is 2. The Morgan fingerprint density at radius 3 is 2.72 bits per heavy atom. The molecular weight excluding hydrogens is 470 g/mol. The topological polar surface area (TPSA) is 67.5 Å². The van der Waals surface area contributed by atoms with Gasteiger partial charge in [-0.3, -0.25) is 9.59 Å². The quantitative estimate of drug-likeness (QED) is 0.544. The number of fused-ring (bicyclic) bond motifs is 3. The molecule has 32 heavy (non-hydrogen) atoms. The predicted molar refractivity (Wildman–Crippen MR) is 126 cm³/mol. The molecule has 1 aliphatic heterocycles. The lowest BCUT2D eigenvalue weighted by Gasteiger charge is -2.45. The average molecular weight is 498 g/mol. The molecule has 1 aromatic carbocycles. The van der Waals surface area contributed by atoms with Crippen LogP contribution in [0.5, 0.6) is 0 Å². The summed E-state index contributed by atoms with van der Waals surface area (Å²) < 4.78 is 8.41. The second-order valence-electron chi connectivity index (χ2n) is 9.47. The van der Waals surface area contributed by atoms with E-state index in [2.05, 4.69) is 28.2 Å². The summed E-state index contributed by atoms with van der Waals surface area (Å²) in [6.07, 6.45) is 5.84. The van der Waals surface area contributed by atoms with Gasteiger partial charge in [-0.05, 0) is 50.2 Å². The average Bonchev–Trinajstić information content (AvgIpc) is 3.36. The van der Waals surface area contributed by atoms with Crippen molar-refractivity contribution in [1.82, 2.24) is 14.8 Å². The number of benzene rings is 1. The molecule has 3 aromatic rings. The fourth-order valence-electron chi connectivity index (χ4n) is 5.06. The number of hydrogen-bond donors (Lipinski definition) is 1. The maximum Gasteiger partial charge on any atom is 0.271 e. The van der Waals surface area contributed by atoms with E-state index < -0.39 is 5.54 Å². The SMILES string of the molecule is CC1CCC(NC(=O)[C@]2(C)Cn3c(cc4occc43)C(=O)N2Cc2ccccc2Br)CC1. The summed E-state index contributed by atoms with van der Waals surface area (Å²) in [5.41, 5.74) is 2.02. The Balaban J connectivity index is 1.52. The first-order chi connectivity index (χ1) is 15.4. The second kappa shape index (κ2) is 8.10. The number of hydrogen-bond acceptors (Lipinski definition) is 3. The van der Waals surface area contributed by atoms with Crippen molar-refractivity contribution in [3.8, 4) is 0 Å². The van der Waals surface area contributed by atoms with Crippen LogP contribution < -0.4 is 5.32 Å². The van der Waals surface area contributed by atoms with E-state index in [1.165, 1.54) is 0 Å². The van der Waals surface area contributed by atoms with Gasteiger partial charge in [0.15, 0.2) is 5.58 Å². The lowest BCUT2D eigenvalue weighted by molar-refractivity contribution is -0.134. The van der Waals surface area contributed by atoms with E-state index in [-0.39, 0.29) is 17.9 Å². The van der Waals surface area contributed by atoms with Crippen LogP contribution in [0.4, 0.5) is 0 Å². The molecule has 0 saturated heterocycles. The Bertz CT molecular complexity index is 1170. The summed E-state index contributed by atoms with van der Waals surface area (Å²) in [5.74, 6) is 0.459. The van der Waals surface area contributed by atoms with Crippen LogP contribution in [-0.4, -0.2) is 32.9 Å². The van der Waals surface area contributed by atoms with Crippen LogP contribution in [0.3, 0.4) is 0 Å². The van der Waals surface area contributed by atoms with Crippen LogP contribution >= 0.6 is 15.9 Å². The van der Waals surface area contributed by atoms with Crippen LogP contribution in [0.2, 0.25) is 0 Å². The Kier molecular flexibility index (Phi) is 5.40. The van der Waals surface area contributed by atoms with Gasteiger partial charge in [0.2, 0.25) is 5.91 Å². The fourth-order valence-corrected chi connectivity index (χ4v) is 5.47. The molecule has 2 aromatic heterocycles. The van der Waals surface area contributed by atoms with Crippen molar-refractivity contribution in [2.24, 2.45) is 5.92 Å². The van der Waals surface area contributed by atoms with Crippen LogP contribution in [0.1, 0.15) is 55.6 Å². The summed E-state index contributed by atoms with van der Waals surface area (Å²) in [7, 11) is 0. The summed E-state index contributed by atoms with van der Waals surface area (Å²) in [4.78, 5) is 29.2. The van der Waals surface area contributed by atoms with Gasteiger partial charge in [0, 0.05) is 29.2 Å². The Labute approximate surface area is 196 Å². The molecule has 1 atom stereocenters. The molecule has 1 fully saturated rings. The standard InChI is InChI=1S/C25H28BrN3O3/c1-16-7-9-18(10-8-16)27-24(31)25(2)15-28-20-11-12-32-22(20)13-21(28)23(30)29(25)14-17-5-3-4-6-19(17)26/h3-6,11-13,16,18H,7-10,14-15H2,1-2H3,(H,27,31)/t16?,18?,25-/m0/s1. The first kappa shape index (κ1) is 21.3. The number of aromatic nitrogens is 1. The highest BCUT2D eigenvalue weighted by atomic mass is 79.9. The molecule has 0 bridgehead atoms. The number of halogens is 1. The minimum absolute atomic E-state index is 0.0894. The van der Waals surface area contributed by atoms with E-state index in [1.54, 1.807) is 17.2 Å². The van der Waals surface area contributed by atoms with Crippen LogP contribution in [-0.2, 0) is 17.9 Å². The van der Waals surface area contributed by atoms with Gasteiger partial charge in [0.25, 0.3) is 5.91 Å². The lowest BCUT2D eigenvalue weighted by atomic mass is 9.86. The van der Waals surface area contributed by atoms with Crippen molar-refractivity contribution in [2.75, 3.05) is 0 Å². The summed E-state index contributed by atoms with van der Waals surface area (Å²) in [6, 6.07) is 11.6. The smallest absolute Gasteiger partial charge is 0.271 e. The van der Waals surface area contributed by atoms with Gasteiger partial charge in [-0.1, -0.05) is 41.1 Å². The zero-order valence-electron chi connectivity index (χ0n) is 18.4. The molecule has 1 N–H and O–H groups in total. The third-order valence-corrected chi connectivity index (χ3v) is 7.95. The molecule has 0 radical (unpaired) electrons. The molecule has 0 unspecified atom stereocenters. The lowest BCUT2D eigenvalue weighted by Crippen LogP contribution is -2.64. The number of furan rings is 1. The Morgan fingerprint density at radius 1 is 1.22 bits per heavy atom. The van der Waals surface area contributed by atoms with Crippen LogP contribution in [0.15, 0.2) is 51.6 Å². The molecule has 168 valence electrons. The van der Waals surface area contributed by atoms with E-state index in [4.69, 9.17) is 4.42 Å². The first-order valence-corrected chi connectivity index (χ1v) is 12.1. The molecule has 2 amide bonds. The summed E-state index contributed by atoms with van der Waals surface area (Å²) >= 11 is 3.60. The minimum Gasteiger partial charge on any atom is -0.463 e. The van der Waals surface area contributed by atoms with Gasteiger partial charge < -0.3 is 19.2 Å². The number of nitrogens with one attached hydrogen (secondary N) is 1. The van der Waals surface area contributed by atoms with Gasteiger partial charge in [0.1, 0.15) is 11.2 Å². The summed E-state index contributed by atoms with van der Waals surface area (Å²) in [6.45, 7) is 4.88. The molecule has 6 nitrogen and oxygen atoms in total. The number of rotatable bonds is 4. The maximum atomic E-state index is 13.8. The monoisotopic (exact) mass is 497 g/mol. The maximum absolute atomic E-state index is 13.8. The van der Waals surface area contributed by atoms with Crippen molar-refractivity contribution in [2.45, 2.75) is 64.2 Å². The van der Waals surface area contributed by atoms with Gasteiger partial charge in [-0.25, -0.2) is 0 Å². The number of amides is 2. The molecule has 1 saturated carbocycles. The molecule has 3 heterocycles. The molecule has 2 aliphatic rings. The van der Waals surface area contributed by atoms with Gasteiger partial charge in [-0.2, -0.15) is 0 Å². The fraction of sp³-hybridized carbons (Fsp3) is 0.440. The highest BCUT2D eigenvalue weighted by Gasteiger charge is 2.48. The van der Waals surface area contributed by atoms with Crippen molar-refractivity contribution < 1.29 is 14.0 Å². The number of carbonyl (C=O) groups is 2. The molecule has 1 aliphatic carbocycles. The highest BCUT2D eigenvalue weighted by Crippen LogP contribution is 2.35. The molecule has 7 heteroatoms. The Morgan fingerprint density at radius 2 is 1.97 bits per heavy atom. The van der Waals surface area contributed by atoms with Gasteiger partial charge in [-0.15, -0.1) is 0 Å². The van der Waals surface area contributed by atoms with Crippen LogP contribution in [0, 0.1) is 5.92 Å². The largest absolute Gasteiger partial charge is 0.463 e. The van der Waals surface area contributed by atoms with Crippen LogP contribution in [0.25, 0.3) is 11.1 Å². The van der Waals surface area contributed by atoms with Crippen molar-refractivity contribution in [3.05, 3.63) is 58.4 Å². The normalized spacial score (nSPS) is 25.7. The van der Waals surface area contributed by atoms with Gasteiger partial charge >= 0.3 is 0 Å². The predicted octanol–water partition coefficient (Wildman–Crippen LogP) is 5.11. The van der Waals surface area contributed by atoms with E-state index in [0.29, 0.717) is 30.3 Å². The zero-order valence-corrected chi connectivity index (χ0v) is 20.0. The third-order valence-electron chi connectivity index (χ3n) is 7.18. The highest BCUT2D eigenvalue weighted by molar-refractivity contribution is 9.10. The van der Waals surface area contributed by atoms with Crippen molar-refractivity contribution in [1.29, 1.82) is 0 Å².